The van der Waals surface area contributed by atoms with Gasteiger partial charge in [-0.05, 0) is 47.2 Å². The summed E-state index contributed by atoms with van der Waals surface area (Å²) in [6.07, 6.45) is 0. The number of fused-ring (bicyclic) bond motifs is 4. The Morgan fingerprint density at radius 1 is 0.321 bits per heavy atom. The lowest BCUT2D eigenvalue weighted by atomic mass is 10.1. The maximum absolute atomic E-state index is 6.75. The lowest BCUT2D eigenvalue weighted by molar-refractivity contribution is 0.587. The Labute approximate surface area is 331 Å². The highest BCUT2D eigenvalue weighted by Gasteiger charge is 2.24. The monoisotopic (exact) mass is 756 g/mol. The molecule has 11 aromatic rings. The van der Waals surface area contributed by atoms with E-state index in [1.807, 2.05) is 0 Å². The third-order valence-electron chi connectivity index (χ3n) is 10.5. The van der Waals surface area contributed by atoms with E-state index in [0.717, 1.165) is 67.9 Å². The average Bonchev–Trinajstić information content (AvgIpc) is 4.10. The molecule has 0 fully saturated rings. The highest BCUT2D eigenvalue weighted by atomic mass is 32.1. The molecule has 0 aliphatic carbocycles. The van der Waals surface area contributed by atoms with Gasteiger partial charge in [0.25, 0.3) is 0 Å². The second-order valence-electron chi connectivity index (χ2n) is 13.8. The van der Waals surface area contributed by atoms with Gasteiger partial charge in [-0.25, -0.2) is 0 Å². The van der Waals surface area contributed by atoms with Crippen LogP contribution in [0.15, 0.2) is 202 Å². The van der Waals surface area contributed by atoms with Crippen molar-refractivity contribution in [2.24, 2.45) is 0 Å². The first-order chi connectivity index (χ1) is 27.8. The maximum atomic E-state index is 6.75. The summed E-state index contributed by atoms with van der Waals surface area (Å²) in [4.78, 5) is 4.50. The molecule has 11 rings (SSSR count). The molecule has 0 bridgehead atoms. The van der Waals surface area contributed by atoms with Crippen LogP contribution in [0.3, 0.4) is 0 Å². The zero-order valence-corrected chi connectivity index (χ0v) is 31.6. The van der Waals surface area contributed by atoms with Crippen molar-refractivity contribution in [2.45, 2.75) is 0 Å². The first kappa shape index (κ1) is 32.6. The van der Waals surface area contributed by atoms with Crippen LogP contribution in [0.1, 0.15) is 0 Å². The lowest BCUT2D eigenvalue weighted by Crippen LogP contribution is -2.09. The van der Waals surface area contributed by atoms with Gasteiger partial charge in [0.05, 0.1) is 22.7 Å². The van der Waals surface area contributed by atoms with Gasteiger partial charge in [0.15, 0.2) is 0 Å². The maximum Gasteiger partial charge on any atom is 0.205 e. The van der Waals surface area contributed by atoms with E-state index in [1.54, 1.807) is 22.7 Å². The fraction of sp³-hybridized carbons (Fsp3) is 0. The molecule has 4 nitrogen and oxygen atoms in total. The predicted molar refractivity (Wildman–Crippen MR) is 237 cm³/mol. The molecule has 56 heavy (non-hydrogen) atoms. The minimum atomic E-state index is 0.758. The van der Waals surface area contributed by atoms with E-state index >= 15 is 0 Å². The number of rotatable bonds is 8. The third kappa shape index (κ3) is 5.50. The summed E-state index contributed by atoms with van der Waals surface area (Å²) in [5, 5.41) is 11.5. The van der Waals surface area contributed by atoms with Crippen molar-refractivity contribution in [3.8, 4) is 22.6 Å². The molecule has 0 radical (unpaired) electrons. The van der Waals surface area contributed by atoms with E-state index in [9.17, 15) is 0 Å². The van der Waals surface area contributed by atoms with Gasteiger partial charge in [-0.1, -0.05) is 133 Å². The zero-order valence-electron chi connectivity index (χ0n) is 30.0. The summed E-state index contributed by atoms with van der Waals surface area (Å²) >= 11 is 3.49. The Kier molecular flexibility index (Phi) is 7.83. The summed E-state index contributed by atoms with van der Waals surface area (Å²) in [5.74, 6) is 3.11. The summed E-state index contributed by atoms with van der Waals surface area (Å²) in [6, 6.07) is 63.7. The summed E-state index contributed by atoms with van der Waals surface area (Å²) in [6.45, 7) is 0. The Morgan fingerprint density at radius 3 is 1.18 bits per heavy atom. The molecule has 0 saturated carbocycles. The fourth-order valence-electron chi connectivity index (χ4n) is 7.82. The molecule has 4 aromatic heterocycles. The Hall–Kier alpha value is -6.86. The van der Waals surface area contributed by atoms with Crippen molar-refractivity contribution < 1.29 is 8.83 Å². The minimum absolute atomic E-state index is 0.758. The topological polar surface area (TPSA) is 32.8 Å². The van der Waals surface area contributed by atoms with Crippen LogP contribution in [0.25, 0.3) is 64.4 Å². The van der Waals surface area contributed by atoms with Crippen LogP contribution in [0.5, 0.6) is 0 Å². The van der Waals surface area contributed by atoms with E-state index in [2.05, 4.69) is 203 Å². The lowest BCUT2D eigenvalue weighted by Gasteiger charge is -2.23. The molecular weight excluding hydrogens is 725 g/mol. The van der Waals surface area contributed by atoms with Gasteiger partial charge in [0, 0.05) is 65.0 Å². The van der Waals surface area contributed by atoms with E-state index in [-0.39, 0.29) is 0 Å². The van der Waals surface area contributed by atoms with Gasteiger partial charge in [-0.3, -0.25) is 9.80 Å². The van der Waals surface area contributed by atoms with Crippen LogP contribution in [-0.4, -0.2) is 0 Å². The Morgan fingerprint density at radius 2 is 0.714 bits per heavy atom. The molecule has 4 heterocycles. The molecular formula is C50H32N2O2S2. The standard InChI is InChI=1S/C50H32N2O2S2/c1-3-15-37-33(11-1)13-9-19-41(37)51(43-31-55-47-21-7-5-17-39(43)47)49-29-27-45(53-49)35-23-25-36(26-24-35)46-28-30-50(54-46)52(44-32-56-48-22-8-6-18-40(44)48)42-20-10-14-34-12-2-4-16-38(34)42/h1-32H. The van der Waals surface area contributed by atoms with Gasteiger partial charge in [0.2, 0.25) is 11.8 Å². The van der Waals surface area contributed by atoms with Gasteiger partial charge >= 0.3 is 0 Å². The van der Waals surface area contributed by atoms with Gasteiger partial charge in [-0.15, -0.1) is 22.7 Å². The molecule has 0 atom stereocenters. The quantitative estimate of drug-likeness (QED) is 0.155. The molecule has 266 valence electrons. The predicted octanol–water partition coefficient (Wildman–Crippen LogP) is 15.9. The zero-order chi connectivity index (χ0) is 37.0. The summed E-state index contributed by atoms with van der Waals surface area (Å²) in [5.41, 5.74) is 6.32. The number of furan rings is 2. The number of thiophene rings is 2. The summed E-state index contributed by atoms with van der Waals surface area (Å²) < 4.78 is 16.0. The Balaban J connectivity index is 0.954. The molecule has 0 aliphatic rings. The molecule has 7 aromatic carbocycles. The average molecular weight is 757 g/mol. The summed E-state index contributed by atoms with van der Waals surface area (Å²) in [7, 11) is 0. The molecule has 0 aliphatic heterocycles. The van der Waals surface area contributed by atoms with Crippen molar-refractivity contribution in [3.63, 3.8) is 0 Å². The molecule has 0 amide bonds. The van der Waals surface area contributed by atoms with Crippen LogP contribution >= 0.6 is 22.7 Å². The van der Waals surface area contributed by atoms with Crippen LogP contribution < -0.4 is 9.80 Å². The fourth-order valence-corrected chi connectivity index (χ4v) is 9.68. The first-order valence-corrected chi connectivity index (χ1v) is 20.3. The van der Waals surface area contributed by atoms with Crippen molar-refractivity contribution >= 4 is 98.9 Å². The SMILES string of the molecule is c1ccc2c(N(c3ccc(-c4ccc(-c5ccc(N(c6cccc7ccccc67)c6csc7ccccc67)o5)cc4)o3)c3csc4ccccc34)cccc2c1. The Bertz CT molecular complexity index is 2960. The number of nitrogens with zero attached hydrogens (tertiary/aromatic N) is 2. The molecule has 0 spiro atoms. The second-order valence-corrected chi connectivity index (χ2v) is 15.6. The van der Waals surface area contributed by atoms with E-state index < -0.39 is 0 Å². The van der Waals surface area contributed by atoms with E-state index in [4.69, 9.17) is 8.83 Å². The number of benzene rings is 7. The van der Waals surface area contributed by atoms with Crippen LogP contribution in [0, 0.1) is 0 Å². The first-order valence-electron chi connectivity index (χ1n) is 18.6. The van der Waals surface area contributed by atoms with E-state index in [0.29, 0.717) is 0 Å². The normalized spacial score (nSPS) is 11.6. The molecule has 0 saturated heterocycles. The van der Waals surface area contributed by atoms with Crippen LogP contribution in [-0.2, 0) is 0 Å². The molecule has 0 unspecified atom stereocenters. The minimum Gasteiger partial charge on any atom is -0.440 e. The van der Waals surface area contributed by atoms with Gasteiger partial charge in [0.1, 0.15) is 11.5 Å². The van der Waals surface area contributed by atoms with Crippen LogP contribution in [0.2, 0.25) is 0 Å². The smallest absolute Gasteiger partial charge is 0.205 e. The van der Waals surface area contributed by atoms with Crippen molar-refractivity contribution in [1.82, 2.24) is 0 Å². The number of anilines is 6. The highest BCUT2D eigenvalue weighted by Crippen LogP contribution is 2.47. The highest BCUT2D eigenvalue weighted by molar-refractivity contribution is 7.18. The van der Waals surface area contributed by atoms with Gasteiger partial charge in [-0.2, -0.15) is 0 Å². The molecule has 6 heteroatoms. The largest absolute Gasteiger partial charge is 0.440 e. The second kappa shape index (κ2) is 13.5. The van der Waals surface area contributed by atoms with E-state index in [1.165, 1.54) is 30.9 Å². The third-order valence-corrected chi connectivity index (χ3v) is 12.4. The van der Waals surface area contributed by atoms with Crippen molar-refractivity contribution in [2.75, 3.05) is 9.80 Å². The van der Waals surface area contributed by atoms with Crippen LogP contribution in [0.4, 0.5) is 34.5 Å². The molecule has 0 N–H and O–H groups in total. The van der Waals surface area contributed by atoms with Crippen molar-refractivity contribution in [1.29, 1.82) is 0 Å². The number of hydrogen-bond acceptors (Lipinski definition) is 6. The number of hydrogen-bond donors (Lipinski definition) is 0. The van der Waals surface area contributed by atoms with Gasteiger partial charge < -0.3 is 8.83 Å². The van der Waals surface area contributed by atoms with Crippen molar-refractivity contribution in [3.05, 3.63) is 193 Å².